The Bertz CT molecular complexity index is 441. The number of benzene rings is 1. The second-order valence-electron chi connectivity index (χ2n) is 4.65. The molecule has 0 bridgehead atoms. The molecule has 1 atom stereocenters. The zero-order chi connectivity index (χ0) is 13.1. The van der Waals surface area contributed by atoms with E-state index < -0.39 is 0 Å². The fourth-order valence-electron chi connectivity index (χ4n) is 1.77. The molecule has 0 aromatic heterocycles. The molecule has 1 aliphatic carbocycles. The quantitative estimate of drug-likeness (QED) is 0.740. The van der Waals surface area contributed by atoms with Crippen LogP contribution in [0.15, 0.2) is 12.1 Å². The highest BCUT2D eigenvalue weighted by molar-refractivity contribution is 6.32. The number of rotatable bonds is 6. The lowest BCUT2D eigenvalue weighted by Crippen LogP contribution is -2.02. The minimum Gasteiger partial charge on any atom is -0.493 e. The number of halogens is 1. The summed E-state index contributed by atoms with van der Waals surface area (Å²) in [6.45, 7) is 1.99. The SMILES string of the molecule is COc1cc(C(C)CC=O)cc(Cl)c1OC1CC1. The number of methoxy groups -OCH3 is 1. The smallest absolute Gasteiger partial charge is 0.180 e. The van der Waals surface area contributed by atoms with Gasteiger partial charge >= 0.3 is 0 Å². The van der Waals surface area contributed by atoms with Crippen molar-refractivity contribution < 1.29 is 14.3 Å². The van der Waals surface area contributed by atoms with Crippen molar-refractivity contribution in [3.8, 4) is 11.5 Å². The molecule has 0 radical (unpaired) electrons. The molecular weight excluding hydrogens is 252 g/mol. The van der Waals surface area contributed by atoms with Gasteiger partial charge in [-0.05, 0) is 36.5 Å². The van der Waals surface area contributed by atoms with E-state index in [1.54, 1.807) is 7.11 Å². The van der Waals surface area contributed by atoms with Crippen molar-refractivity contribution in [2.45, 2.75) is 38.2 Å². The van der Waals surface area contributed by atoms with Gasteiger partial charge in [0, 0.05) is 6.42 Å². The first-order valence-corrected chi connectivity index (χ1v) is 6.51. The molecule has 2 rings (SSSR count). The fourth-order valence-corrected chi connectivity index (χ4v) is 2.04. The van der Waals surface area contributed by atoms with Crippen LogP contribution in [0.25, 0.3) is 0 Å². The van der Waals surface area contributed by atoms with E-state index in [1.807, 2.05) is 19.1 Å². The standard InChI is InChI=1S/C14H17ClO3/c1-9(5-6-16)10-7-12(15)14(13(8-10)17-2)18-11-3-4-11/h6-9,11H,3-5H2,1-2H3. The van der Waals surface area contributed by atoms with Gasteiger partial charge in [-0.2, -0.15) is 0 Å². The van der Waals surface area contributed by atoms with Crippen LogP contribution in [0.3, 0.4) is 0 Å². The van der Waals surface area contributed by atoms with Crippen molar-refractivity contribution in [2.24, 2.45) is 0 Å². The summed E-state index contributed by atoms with van der Waals surface area (Å²) < 4.78 is 11.1. The minimum atomic E-state index is 0.129. The Morgan fingerprint density at radius 3 is 2.78 bits per heavy atom. The summed E-state index contributed by atoms with van der Waals surface area (Å²) in [5, 5.41) is 0.550. The van der Waals surface area contributed by atoms with E-state index in [0.29, 0.717) is 22.9 Å². The van der Waals surface area contributed by atoms with Crippen LogP contribution in [0.1, 0.15) is 37.7 Å². The molecule has 1 unspecified atom stereocenters. The molecule has 98 valence electrons. The summed E-state index contributed by atoms with van der Waals surface area (Å²) in [6, 6.07) is 3.76. The lowest BCUT2D eigenvalue weighted by atomic mass is 9.98. The van der Waals surface area contributed by atoms with Crippen molar-refractivity contribution >= 4 is 17.9 Å². The Hall–Kier alpha value is -1.22. The number of hydrogen-bond donors (Lipinski definition) is 0. The normalized spacial score (nSPS) is 16.2. The highest BCUT2D eigenvalue weighted by Crippen LogP contribution is 2.41. The largest absolute Gasteiger partial charge is 0.493 e. The van der Waals surface area contributed by atoms with E-state index in [-0.39, 0.29) is 12.0 Å². The summed E-state index contributed by atoms with van der Waals surface area (Å²) in [6.07, 6.45) is 3.81. The van der Waals surface area contributed by atoms with E-state index in [1.165, 1.54) is 0 Å². The van der Waals surface area contributed by atoms with Crippen molar-refractivity contribution in [1.29, 1.82) is 0 Å². The Morgan fingerprint density at radius 2 is 2.22 bits per heavy atom. The summed E-state index contributed by atoms with van der Waals surface area (Å²) in [7, 11) is 1.60. The number of carbonyl (C=O) groups is 1. The summed E-state index contributed by atoms with van der Waals surface area (Å²) in [5.74, 6) is 1.38. The van der Waals surface area contributed by atoms with Crippen LogP contribution in [0.5, 0.6) is 11.5 Å². The van der Waals surface area contributed by atoms with Crippen LogP contribution in [-0.2, 0) is 4.79 Å². The number of hydrogen-bond acceptors (Lipinski definition) is 3. The zero-order valence-electron chi connectivity index (χ0n) is 10.6. The molecule has 0 aliphatic heterocycles. The topological polar surface area (TPSA) is 35.5 Å². The highest BCUT2D eigenvalue weighted by atomic mass is 35.5. The Morgan fingerprint density at radius 1 is 1.50 bits per heavy atom. The first kappa shape index (κ1) is 13.2. The first-order valence-electron chi connectivity index (χ1n) is 6.13. The second kappa shape index (κ2) is 5.61. The van der Waals surface area contributed by atoms with Gasteiger partial charge in [-0.25, -0.2) is 0 Å². The van der Waals surface area contributed by atoms with E-state index in [0.717, 1.165) is 24.7 Å². The predicted molar refractivity (Wildman–Crippen MR) is 70.8 cm³/mol. The first-order chi connectivity index (χ1) is 8.65. The molecule has 1 saturated carbocycles. The molecule has 4 heteroatoms. The highest BCUT2D eigenvalue weighted by Gasteiger charge is 2.26. The molecule has 1 fully saturated rings. The maximum absolute atomic E-state index is 10.6. The van der Waals surface area contributed by atoms with Crippen molar-refractivity contribution in [3.05, 3.63) is 22.7 Å². The van der Waals surface area contributed by atoms with Crippen molar-refractivity contribution in [2.75, 3.05) is 7.11 Å². The van der Waals surface area contributed by atoms with Crippen LogP contribution >= 0.6 is 11.6 Å². The molecule has 1 aromatic rings. The Balaban J connectivity index is 2.28. The molecular formula is C14H17ClO3. The molecule has 1 aliphatic rings. The number of ether oxygens (including phenoxy) is 2. The lowest BCUT2D eigenvalue weighted by Gasteiger charge is -2.16. The van der Waals surface area contributed by atoms with Gasteiger partial charge in [0.25, 0.3) is 0 Å². The number of aldehydes is 1. The fraction of sp³-hybridized carbons (Fsp3) is 0.500. The maximum Gasteiger partial charge on any atom is 0.180 e. The van der Waals surface area contributed by atoms with Gasteiger partial charge in [0.15, 0.2) is 11.5 Å². The van der Waals surface area contributed by atoms with Crippen molar-refractivity contribution in [1.82, 2.24) is 0 Å². The molecule has 0 saturated heterocycles. The summed E-state index contributed by atoms with van der Waals surface area (Å²) in [5.41, 5.74) is 0.993. The third-order valence-electron chi connectivity index (χ3n) is 3.08. The molecule has 0 spiro atoms. The monoisotopic (exact) mass is 268 g/mol. The van der Waals surface area contributed by atoms with E-state index in [9.17, 15) is 4.79 Å². The van der Waals surface area contributed by atoms with Gasteiger partial charge < -0.3 is 14.3 Å². The van der Waals surface area contributed by atoms with E-state index in [4.69, 9.17) is 21.1 Å². The molecule has 18 heavy (non-hydrogen) atoms. The van der Waals surface area contributed by atoms with Gasteiger partial charge in [0.2, 0.25) is 0 Å². The van der Waals surface area contributed by atoms with Gasteiger partial charge in [-0.3, -0.25) is 0 Å². The molecule has 0 heterocycles. The summed E-state index contributed by atoms with van der Waals surface area (Å²) >= 11 is 6.24. The van der Waals surface area contributed by atoms with Crippen LogP contribution in [-0.4, -0.2) is 19.5 Å². The molecule has 3 nitrogen and oxygen atoms in total. The van der Waals surface area contributed by atoms with Gasteiger partial charge in [0.1, 0.15) is 6.29 Å². The maximum atomic E-state index is 10.6. The minimum absolute atomic E-state index is 0.129. The van der Waals surface area contributed by atoms with Gasteiger partial charge in [-0.1, -0.05) is 18.5 Å². The van der Waals surface area contributed by atoms with Crippen molar-refractivity contribution in [3.63, 3.8) is 0 Å². The Labute approximate surface area is 112 Å². The average molecular weight is 269 g/mol. The average Bonchev–Trinajstić information content (AvgIpc) is 3.15. The molecule has 0 amide bonds. The third kappa shape index (κ3) is 2.96. The summed E-state index contributed by atoms with van der Waals surface area (Å²) in [4.78, 5) is 10.6. The van der Waals surface area contributed by atoms with Crippen LogP contribution in [0.4, 0.5) is 0 Å². The van der Waals surface area contributed by atoms with Gasteiger partial charge in [0.05, 0.1) is 18.2 Å². The predicted octanol–water partition coefficient (Wildman–Crippen LogP) is 3.58. The van der Waals surface area contributed by atoms with E-state index >= 15 is 0 Å². The zero-order valence-corrected chi connectivity index (χ0v) is 11.4. The molecule has 0 N–H and O–H groups in total. The van der Waals surface area contributed by atoms with Crippen LogP contribution in [0.2, 0.25) is 5.02 Å². The van der Waals surface area contributed by atoms with E-state index in [2.05, 4.69) is 0 Å². The number of carbonyl (C=O) groups excluding carboxylic acids is 1. The Kier molecular flexibility index (Phi) is 4.12. The third-order valence-corrected chi connectivity index (χ3v) is 3.36. The lowest BCUT2D eigenvalue weighted by molar-refractivity contribution is -0.108. The van der Waals surface area contributed by atoms with Crippen LogP contribution < -0.4 is 9.47 Å². The van der Waals surface area contributed by atoms with Gasteiger partial charge in [-0.15, -0.1) is 0 Å². The second-order valence-corrected chi connectivity index (χ2v) is 5.06. The molecule has 1 aromatic carbocycles. The van der Waals surface area contributed by atoms with Crippen LogP contribution in [0, 0.1) is 0 Å².